The Morgan fingerprint density at radius 2 is 1.04 bits per heavy atom. The van der Waals surface area contributed by atoms with Crippen molar-refractivity contribution in [3.05, 3.63) is 0 Å². The molecule has 6 nitrogen and oxygen atoms in total. The summed E-state index contributed by atoms with van der Waals surface area (Å²) in [6.45, 7) is 13.5. The molecule has 1 N–H and O–H groups in total. The fraction of sp³-hybridized carbons (Fsp3) is 1.00. The summed E-state index contributed by atoms with van der Waals surface area (Å²) in [5.41, 5.74) is 0.147. The lowest BCUT2D eigenvalue weighted by Gasteiger charge is -2.20. The van der Waals surface area contributed by atoms with Crippen LogP contribution in [0.4, 0.5) is 0 Å². The van der Waals surface area contributed by atoms with Crippen LogP contribution in [-0.2, 0) is 23.7 Å². The molecule has 0 heterocycles. The Morgan fingerprint density at radius 1 is 0.583 bits per heavy atom. The molecular weight excluding hydrogens is 310 g/mol. The molecule has 0 aromatic carbocycles. The lowest BCUT2D eigenvalue weighted by molar-refractivity contribution is 0.0134. The second-order valence-corrected chi connectivity index (χ2v) is 6.68. The van der Waals surface area contributed by atoms with Gasteiger partial charge in [-0.15, -0.1) is 0 Å². The zero-order valence-electron chi connectivity index (χ0n) is 16.2. The van der Waals surface area contributed by atoms with Gasteiger partial charge in [-0.25, -0.2) is 0 Å². The number of hydrogen-bond acceptors (Lipinski definition) is 6. The van der Waals surface area contributed by atoms with E-state index in [1.165, 1.54) is 0 Å². The van der Waals surface area contributed by atoms with Gasteiger partial charge in [0, 0.05) is 32.4 Å². The van der Waals surface area contributed by atoms with Crippen molar-refractivity contribution >= 4 is 0 Å². The summed E-state index contributed by atoms with van der Waals surface area (Å²) in [7, 11) is 1.68. The zero-order chi connectivity index (χ0) is 17.9. The van der Waals surface area contributed by atoms with E-state index in [9.17, 15) is 0 Å². The molecule has 0 unspecified atom stereocenters. The SMILES string of the molecule is COCCOCCCCCOCCOCCOCCNC(C)(C)C. The van der Waals surface area contributed by atoms with E-state index < -0.39 is 0 Å². The van der Waals surface area contributed by atoms with Crippen LogP contribution < -0.4 is 5.32 Å². The smallest absolute Gasteiger partial charge is 0.0701 e. The number of rotatable bonds is 18. The average Bonchev–Trinajstić information content (AvgIpc) is 2.52. The highest BCUT2D eigenvalue weighted by Crippen LogP contribution is 1.97. The van der Waals surface area contributed by atoms with E-state index in [4.69, 9.17) is 23.7 Å². The van der Waals surface area contributed by atoms with Crippen molar-refractivity contribution in [2.24, 2.45) is 0 Å². The number of methoxy groups -OCH3 is 1. The summed E-state index contributed by atoms with van der Waals surface area (Å²) >= 11 is 0. The summed E-state index contributed by atoms with van der Waals surface area (Å²) in [6.07, 6.45) is 3.27. The second kappa shape index (κ2) is 17.6. The molecule has 0 saturated heterocycles. The molecule has 0 aliphatic carbocycles. The van der Waals surface area contributed by atoms with Crippen LogP contribution in [0.1, 0.15) is 40.0 Å². The van der Waals surface area contributed by atoms with Gasteiger partial charge in [0.15, 0.2) is 0 Å². The first kappa shape index (κ1) is 23.8. The summed E-state index contributed by atoms with van der Waals surface area (Å²) in [5.74, 6) is 0. The van der Waals surface area contributed by atoms with E-state index in [-0.39, 0.29) is 5.54 Å². The van der Waals surface area contributed by atoms with Gasteiger partial charge < -0.3 is 29.0 Å². The van der Waals surface area contributed by atoms with Gasteiger partial charge in [0.1, 0.15) is 0 Å². The van der Waals surface area contributed by atoms with Crippen molar-refractivity contribution in [2.45, 2.75) is 45.6 Å². The molecule has 0 aliphatic heterocycles. The van der Waals surface area contributed by atoms with Crippen LogP contribution in [0.25, 0.3) is 0 Å². The van der Waals surface area contributed by atoms with Gasteiger partial charge in [-0.05, 0) is 40.0 Å². The predicted octanol–water partition coefficient (Wildman–Crippen LogP) is 2.26. The molecule has 0 spiro atoms. The maximum Gasteiger partial charge on any atom is 0.0701 e. The van der Waals surface area contributed by atoms with Gasteiger partial charge in [0.05, 0.1) is 46.2 Å². The lowest BCUT2D eigenvalue weighted by atomic mass is 10.1. The van der Waals surface area contributed by atoms with Crippen LogP contribution in [0, 0.1) is 0 Å². The monoisotopic (exact) mass is 349 g/mol. The minimum atomic E-state index is 0.147. The van der Waals surface area contributed by atoms with Gasteiger partial charge >= 0.3 is 0 Å². The number of unbranched alkanes of at least 4 members (excludes halogenated alkanes) is 2. The van der Waals surface area contributed by atoms with Crippen LogP contribution in [0.15, 0.2) is 0 Å². The number of hydrogen-bond donors (Lipinski definition) is 1. The summed E-state index contributed by atoms with van der Waals surface area (Å²) < 4.78 is 26.8. The van der Waals surface area contributed by atoms with Crippen molar-refractivity contribution in [3.63, 3.8) is 0 Å². The van der Waals surface area contributed by atoms with Gasteiger partial charge in [-0.2, -0.15) is 0 Å². The summed E-state index contributed by atoms with van der Waals surface area (Å²) in [6, 6.07) is 0. The highest BCUT2D eigenvalue weighted by molar-refractivity contribution is 4.69. The van der Waals surface area contributed by atoms with E-state index in [1.54, 1.807) is 7.11 Å². The second-order valence-electron chi connectivity index (χ2n) is 6.68. The van der Waals surface area contributed by atoms with E-state index in [2.05, 4.69) is 26.1 Å². The first-order valence-electron chi connectivity index (χ1n) is 9.11. The molecule has 24 heavy (non-hydrogen) atoms. The van der Waals surface area contributed by atoms with E-state index in [1.807, 2.05) is 0 Å². The molecule has 0 aromatic heterocycles. The Balaban J connectivity index is 3.00. The van der Waals surface area contributed by atoms with E-state index >= 15 is 0 Å². The Hall–Kier alpha value is -0.240. The number of nitrogens with one attached hydrogen (secondary N) is 1. The van der Waals surface area contributed by atoms with Crippen molar-refractivity contribution in [1.29, 1.82) is 0 Å². The van der Waals surface area contributed by atoms with Gasteiger partial charge in [-0.1, -0.05) is 0 Å². The maximum atomic E-state index is 5.52. The van der Waals surface area contributed by atoms with Gasteiger partial charge in [-0.3, -0.25) is 0 Å². The third kappa shape index (κ3) is 21.8. The molecule has 0 aromatic rings. The molecule has 0 atom stereocenters. The average molecular weight is 350 g/mol. The van der Waals surface area contributed by atoms with Crippen LogP contribution in [0.5, 0.6) is 0 Å². The highest BCUT2D eigenvalue weighted by Gasteiger charge is 2.06. The van der Waals surface area contributed by atoms with Crippen LogP contribution in [-0.4, -0.2) is 78.7 Å². The first-order valence-corrected chi connectivity index (χ1v) is 9.11. The lowest BCUT2D eigenvalue weighted by Crippen LogP contribution is -2.38. The quantitative estimate of drug-likeness (QED) is 0.383. The molecule has 0 radical (unpaired) electrons. The predicted molar refractivity (Wildman–Crippen MR) is 96.8 cm³/mol. The molecule has 6 heteroatoms. The number of ether oxygens (including phenoxy) is 5. The van der Waals surface area contributed by atoms with E-state index in [0.717, 1.165) is 39.0 Å². The molecule has 0 rings (SSSR count). The molecule has 0 bridgehead atoms. The Kier molecular flexibility index (Phi) is 17.4. The Bertz CT molecular complexity index is 246. The largest absolute Gasteiger partial charge is 0.382 e. The minimum Gasteiger partial charge on any atom is -0.382 e. The minimum absolute atomic E-state index is 0.147. The third-order valence-electron chi connectivity index (χ3n) is 3.15. The zero-order valence-corrected chi connectivity index (χ0v) is 16.2. The summed E-state index contributed by atoms with van der Waals surface area (Å²) in [4.78, 5) is 0. The Labute approximate surface area is 148 Å². The fourth-order valence-corrected chi connectivity index (χ4v) is 1.87. The van der Waals surface area contributed by atoms with Crippen LogP contribution >= 0.6 is 0 Å². The molecule has 0 amide bonds. The Morgan fingerprint density at radius 3 is 1.54 bits per heavy atom. The third-order valence-corrected chi connectivity index (χ3v) is 3.15. The molecular formula is C18H39NO5. The normalized spacial score (nSPS) is 12.0. The van der Waals surface area contributed by atoms with Crippen molar-refractivity contribution in [3.8, 4) is 0 Å². The molecule has 0 saturated carbocycles. The van der Waals surface area contributed by atoms with Crippen LogP contribution in [0.3, 0.4) is 0 Å². The standard InChI is InChI=1S/C18H39NO5/c1-18(2,3)19-8-11-23-15-17-24-16-14-22-10-7-5-6-9-21-13-12-20-4/h19H,5-17H2,1-4H3. The van der Waals surface area contributed by atoms with Crippen LogP contribution in [0.2, 0.25) is 0 Å². The first-order chi connectivity index (χ1) is 11.6. The van der Waals surface area contributed by atoms with Gasteiger partial charge in [0.25, 0.3) is 0 Å². The highest BCUT2D eigenvalue weighted by atomic mass is 16.5. The maximum absolute atomic E-state index is 5.52. The van der Waals surface area contributed by atoms with Crippen molar-refractivity contribution < 1.29 is 23.7 Å². The van der Waals surface area contributed by atoms with Crippen molar-refractivity contribution in [1.82, 2.24) is 5.32 Å². The van der Waals surface area contributed by atoms with E-state index in [0.29, 0.717) is 46.2 Å². The summed E-state index contributed by atoms with van der Waals surface area (Å²) in [5, 5.41) is 3.37. The fourth-order valence-electron chi connectivity index (χ4n) is 1.87. The topological polar surface area (TPSA) is 58.2 Å². The molecule has 0 fully saturated rings. The molecule has 146 valence electrons. The molecule has 0 aliphatic rings. The van der Waals surface area contributed by atoms with Crippen molar-refractivity contribution in [2.75, 3.05) is 73.1 Å². The van der Waals surface area contributed by atoms with Gasteiger partial charge in [0.2, 0.25) is 0 Å².